The molecule has 166 valence electrons. The lowest BCUT2D eigenvalue weighted by molar-refractivity contribution is -0.137. The fourth-order valence-corrected chi connectivity index (χ4v) is 4.30. The number of halogens is 3. The molecule has 0 aliphatic carbocycles. The fourth-order valence-electron chi connectivity index (χ4n) is 4.30. The van der Waals surface area contributed by atoms with Gasteiger partial charge in [-0.15, -0.1) is 0 Å². The number of carbonyl (C=O) groups is 1. The number of hydrogen-bond donors (Lipinski definition) is 1. The molecule has 1 aliphatic heterocycles. The first-order valence-electron chi connectivity index (χ1n) is 10.8. The number of nitrogens with zero attached hydrogens (tertiary/aromatic N) is 1. The van der Waals surface area contributed by atoms with Gasteiger partial charge in [-0.2, -0.15) is 13.2 Å². The summed E-state index contributed by atoms with van der Waals surface area (Å²) in [4.78, 5) is 14.8. The SMILES string of the molecule is O=C(Nc1ccc(N2CCCC(Cc3ccccc3)C2)cc1)c1ccccc1C(F)(F)F. The van der Waals surface area contributed by atoms with Gasteiger partial charge >= 0.3 is 6.18 Å². The van der Waals surface area contributed by atoms with Crippen molar-refractivity contribution in [2.45, 2.75) is 25.4 Å². The Morgan fingerprint density at radius 1 is 0.938 bits per heavy atom. The van der Waals surface area contributed by atoms with Crippen molar-refractivity contribution in [3.8, 4) is 0 Å². The van der Waals surface area contributed by atoms with Gasteiger partial charge in [0.1, 0.15) is 0 Å². The van der Waals surface area contributed by atoms with E-state index < -0.39 is 17.6 Å². The molecule has 1 saturated heterocycles. The van der Waals surface area contributed by atoms with Crippen molar-refractivity contribution in [3.63, 3.8) is 0 Å². The van der Waals surface area contributed by atoms with E-state index in [1.165, 1.54) is 30.2 Å². The largest absolute Gasteiger partial charge is 0.417 e. The molecule has 1 heterocycles. The van der Waals surface area contributed by atoms with Crippen molar-refractivity contribution >= 4 is 17.3 Å². The van der Waals surface area contributed by atoms with E-state index in [9.17, 15) is 18.0 Å². The number of benzene rings is 3. The van der Waals surface area contributed by atoms with Gasteiger partial charge in [0.05, 0.1) is 11.1 Å². The molecule has 0 spiro atoms. The van der Waals surface area contributed by atoms with Crippen LogP contribution in [0.4, 0.5) is 24.5 Å². The summed E-state index contributed by atoms with van der Waals surface area (Å²) in [6.07, 6.45) is -1.23. The van der Waals surface area contributed by atoms with Crippen molar-refractivity contribution in [1.29, 1.82) is 0 Å². The number of alkyl halides is 3. The fraction of sp³-hybridized carbons (Fsp3) is 0.269. The molecule has 1 aliphatic rings. The molecule has 3 aromatic carbocycles. The topological polar surface area (TPSA) is 32.3 Å². The van der Waals surface area contributed by atoms with Crippen LogP contribution in [0.5, 0.6) is 0 Å². The standard InChI is InChI=1S/C26H25F3N2O/c27-26(28,29)24-11-5-4-10-23(24)25(32)30-21-12-14-22(15-13-21)31-16-6-9-20(18-31)17-19-7-2-1-3-8-19/h1-5,7-8,10-15,20H,6,9,16-18H2,(H,30,32). The lowest BCUT2D eigenvalue weighted by Crippen LogP contribution is -2.36. The van der Waals surface area contributed by atoms with E-state index in [4.69, 9.17) is 0 Å². The van der Waals surface area contributed by atoms with Gasteiger partial charge < -0.3 is 10.2 Å². The predicted octanol–water partition coefficient (Wildman–Crippen LogP) is 6.42. The second kappa shape index (κ2) is 9.47. The van der Waals surface area contributed by atoms with Crippen molar-refractivity contribution in [2.24, 2.45) is 5.92 Å². The minimum Gasteiger partial charge on any atom is -0.371 e. The van der Waals surface area contributed by atoms with E-state index in [1.807, 2.05) is 18.2 Å². The number of piperidine rings is 1. The van der Waals surface area contributed by atoms with Gasteiger partial charge in [0.25, 0.3) is 5.91 Å². The summed E-state index contributed by atoms with van der Waals surface area (Å²) in [7, 11) is 0. The third-order valence-electron chi connectivity index (χ3n) is 5.85. The first-order chi connectivity index (χ1) is 15.4. The van der Waals surface area contributed by atoms with E-state index in [0.717, 1.165) is 37.7 Å². The molecule has 1 amide bonds. The van der Waals surface area contributed by atoms with E-state index >= 15 is 0 Å². The zero-order chi connectivity index (χ0) is 22.6. The molecule has 4 rings (SSSR count). The van der Waals surface area contributed by atoms with E-state index in [2.05, 4.69) is 34.5 Å². The molecule has 1 fully saturated rings. The number of carbonyl (C=O) groups excluding carboxylic acids is 1. The average molecular weight is 438 g/mol. The highest BCUT2D eigenvalue weighted by atomic mass is 19.4. The summed E-state index contributed by atoms with van der Waals surface area (Å²) in [6, 6.07) is 22.6. The Morgan fingerprint density at radius 3 is 2.34 bits per heavy atom. The number of rotatable bonds is 5. The molecular formula is C26H25F3N2O. The molecule has 0 bridgehead atoms. The predicted molar refractivity (Wildman–Crippen MR) is 121 cm³/mol. The zero-order valence-electron chi connectivity index (χ0n) is 17.6. The van der Waals surface area contributed by atoms with Gasteiger partial charge in [0, 0.05) is 24.5 Å². The Bertz CT molecular complexity index is 1050. The van der Waals surface area contributed by atoms with Gasteiger partial charge in [-0.1, -0.05) is 42.5 Å². The minimum atomic E-state index is -4.58. The minimum absolute atomic E-state index is 0.385. The second-order valence-corrected chi connectivity index (χ2v) is 8.19. The van der Waals surface area contributed by atoms with Gasteiger partial charge in [-0.3, -0.25) is 4.79 Å². The van der Waals surface area contributed by atoms with Crippen molar-refractivity contribution in [1.82, 2.24) is 0 Å². The lowest BCUT2D eigenvalue weighted by atomic mass is 9.91. The number of nitrogens with one attached hydrogen (secondary N) is 1. The first-order valence-corrected chi connectivity index (χ1v) is 10.8. The summed E-state index contributed by atoms with van der Waals surface area (Å²) >= 11 is 0. The highest BCUT2D eigenvalue weighted by molar-refractivity contribution is 6.05. The molecule has 0 saturated carbocycles. The summed E-state index contributed by atoms with van der Waals surface area (Å²) in [6.45, 7) is 1.93. The number of hydrogen-bond acceptors (Lipinski definition) is 2. The van der Waals surface area contributed by atoms with Crippen LogP contribution in [0.25, 0.3) is 0 Å². The van der Waals surface area contributed by atoms with E-state index in [-0.39, 0.29) is 5.56 Å². The highest BCUT2D eigenvalue weighted by Gasteiger charge is 2.34. The van der Waals surface area contributed by atoms with Crippen LogP contribution >= 0.6 is 0 Å². The molecule has 1 atom stereocenters. The van der Waals surface area contributed by atoms with Gasteiger partial charge in [0.2, 0.25) is 0 Å². The third-order valence-corrected chi connectivity index (χ3v) is 5.85. The Hall–Kier alpha value is -3.28. The van der Waals surface area contributed by atoms with Crippen LogP contribution in [0, 0.1) is 5.92 Å². The molecule has 1 unspecified atom stereocenters. The molecule has 0 radical (unpaired) electrons. The van der Waals surface area contributed by atoms with Gasteiger partial charge in [-0.25, -0.2) is 0 Å². The molecule has 32 heavy (non-hydrogen) atoms. The highest BCUT2D eigenvalue weighted by Crippen LogP contribution is 2.32. The Labute approximate surface area is 185 Å². The van der Waals surface area contributed by atoms with E-state index in [1.54, 1.807) is 12.1 Å². The third kappa shape index (κ3) is 5.31. The van der Waals surface area contributed by atoms with Crippen LogP contribution in [-0.4, -0.2) is 19.0 Å². The van der Waals surface area contributed by atoms with Crippen LogP contribution in [-0.2, 0) is 12.6 Å². The zero-order valence-corrected chi connectivity index (χ0v) is 17.6. The Morgan fingerprint density at radius 2 is 1.62 bits per heavy atom. The lowest BCUT2D eigenvalue weighted by Gasteiger charge is -2.34. The first kappa shape index (κ1) is 21.9. The van der Waals surface area contributed by atoms with E-state index in [0.29, 0.717) is 11.6 Å². The summed E-state index contributed by atoms with van der Waals surface area (Å²) in [5.74, 6) is -0.198. The summed E-state index contributed by atoms with van der Waals surface area (Å²) in [5, 5.41) is 2.58. The Balaban J connectivity index is 1.41. The number of anilines is 2. The van der Waals surface area contributed by atoms with Crippen LogP contribution in [0.15, 0.2) is 78.9 Å². The summed E-state index contributed by atoms with van der Waals surface area (Å²) in [5.41, 5.74) is 1.54. The maximum absolute atomic E-state index is 13.2. The van der Waals surface area contributed by atoms with Crippen LogP contribution in [0.2, 0.25) is 0 Å². The normalized spacial score (nSPS) is 16.6. The molecule has 3 nitrogen and oxygen atoms in total. The van der Waals surface area contributed by atoms with Crippen molar-refractivity contribution < 1.29 is 18.0 Å². The maximum Gasteiger partial charge on any atom is 0.417 e. The van der Waals surface area contributed by atoms with Gasteiger partial charge in [-0.05, 0) is 67.1 Å². The molecule has 0 aromatic heterocycles. The van der Waals surface area contributed by atoms with Crippen molar-refractivity contribution in [2.75, 3.05) is 23.3 Å². The monoisotopic (exact) mass is 438 g/mol. The average Bonchev–Trinajstić information content (AvgIpc) is 2.80. The molecule has 3 aromatic rings. The smallest absolute Gasteiger partial charge is 0.371 e. The van der Waals surface area contributed by atoms with Crippen LogP contribution in [0.3, 0.4) is 0 Å². The van der Waals surface area contributed by atoms with Crippen molar-refractivity contribution in [3.05, 3.63) is 95.6 Å². The van der Waals surface area contributed by atoms with Crippen LogP contribution < -0.4 is 10.2 Å². The Kier molecular flexibility index (Phi) is 6.49. The van der Waals surface area contributed by atoms with Crippen LogP contribution in [0.1, 0.15) is 34.3 Å². The molecular weight excluding hydrogens is 413 g/mol. The summed E-state index contributed by atoms with van der Waals surface area (Å²) < 4.78 is 39.6. The van der Waals surface area contributed by atoms with Gasteiger partial charge in [0.15, 0.2) is 0 Å². The molecule has 6 heteroatoms. The number of amides is 1. The quantitative estimate of drug-likeness (QED) is 0.499. The maximum atomic E-state index is 13.2. The molecule has 1 N–H and O–H groups in total. The second-order valence-electron chi connectivity index (χ2n) is 8.19.